The molecule has 2 heterocycles. The van der Waals surface area contributed by atoms with Gasteiger partial charge in [-0.05, 0) is 30.0 Å². The van der Waals surface area contributed by atoms with Gasteiger partial charge in [-0.15, -0.1) is 0 Å². The Labute approximate surface area is 149 Å². The van der Waals surface area contributed by atoms with Crippen LogP contribution in [-0.4, -0.2) is 48.1 Å². The molecule has 0 radical (unpaired) electrons. The summed E-state index contributed by atoms with van der Waals surface area (Å²) < 4.78 is 4.99. The van der Waals surface area contributed by atoms with Gasteiger partial charge in [-0.2, -0.15) is 0 Å². The molecule has 0 N–H and O–H groups in total. The SMILES string of the molecule is COC(=O)N(C)C1(c2cccnc2)CCN(Cc2ccccc2)CC1. The second kappa shape index (κ2) is 7.66. The van der Waals surface area contributed by atoms with Crippen LogP contribution in [0.3, 0.4) is 0 Å². The van der Waals surface area contributed by atoms with E-state index in [1.165, 1.54) is 12.7 Å². The monoisotopic (exact) mass is 339 g/mol. The quantitative estimate of drug-likeness (QED) is 0.858. The molecule has 0 aliphatic carbocycles. The minimum absolute atomic E-state index is 0.305. The lowest BCUT2D eigenvalue weighted by atomic mass is 9.80. The molecule has 0 atom stereocenters. The highest BCUT2D eigenvalue weighted by atomic mass is 16.5. The summed E-state index contributed by atoms with van der Waals surface area (Å²) in [7, 11) is 3.26. The van der Waals surface area contributed by atoms with Crippen LogP contribution in [0.2, 0.25) is 0 Å². The molecule has 3 rings (SSSR count). The third-order valence-electron chi connectivity index (χ3n) is 5.22. The number of carbonyl (C=O) groups is 1. The summed E-state index contributed by atoms with van der Waals surface area (Å²) >= 11 is 0. The van der Waals surface area contributed by atoms with Crippen molar-refractivity contribution in [3.63, 3.8) is 0 Å². The van der Waals surface area contributed by atoms with Gasteiger partial charge < -0.3 is 9.64 Å². The standard InChI is InChI=1S/C20H25N3O2/c1-22(19(24)25-2)20(18-9-6-12-21-15-18)10-13-23(14-11-20)16-17-7-4-3-5-8-17/h3-9,12,15H,10-11,13-14,16H2,1-2H3. The molecule has 5 nitrogen and oxygen atoms in total. The molecule has 5 heteroatoms. The molecule has 25 heavy (non-hydrogen) atoms. The first-order chi connectivity index (χ1) is 12.2. The Morgan fingerprint density at radius 3 is 2.52 bits per heavy atom. The normalized spacial score (nSPS) is 17.0. The second-order valence-electron chi connectivity index (χ2n) is 6.56. The van der Waals surface area contributed by atoms with Crippen molar-refractivity contribution >= 4 is 6.09 Å². The number of benzene rings is 1. The molecule has 1 aromatic heterocycles. The van der Waals surface area contributed by atoms with Crippen LogP contribution in [0, 0.1) is 0 Å². The molecule has 1 aromatic carbocycles. The van der Waals surface area contributed by atoms with Crippen molar-refractivity contribution < 1.29 is 9.53 Å². The van der Waals surface area contributed by atoms with Gasteiger partial charge in [0.1, 0.15) is 0 Å². The summed E-state index contributed by atoms with van der Waals surface area (Å²) in [6.07, 6.45) is 5.04. The van der Waals surface area contributed by atoms with Crippen molar-refractivity contribution in [2.45, 2.75) is 24.9 Å². The third-order valence-corrected chi connectivity index (χ3v) is 5.22. The van der Waals surface area contributed by atoms with Crippen LogP contribution in [0.5, 0.6) is 0 Å². The predicted octanol–water partition coefficient (Wildman–Crippen LogP) is 3.27. The topological polar surface area (TPSA) is 45.7 Å². The Morgan fingerprint density at radius 1 is 1.20 bits per heavy atom. The number of amides is 1. The molecule has 2 aromatic rings. The van der Waals surface area contributed by atoms with Gasteiger partial charge in [0.25, 0.3) is 0 Å². The van der Waals surface area contributed by atoms with Gasteiger partial charge in [-0.1, -0.05) is 36.4 Å². The fraction of sp³-hybridized carbons (Fsp3) is 0.400. The zero-order valence-corrected chi connectivity index (χ0v) is 14.9. The zero-order valence-electron chi connectivity index (χ0n) is 14.9. The van der Waals surface area contributed by atoms with E-state index in [0.29, 0.717) is 0 Å². The number of hydrogen-bond acceptors (Lipinski definition) is 4. The van der Waals surface area contributed by atoms with Crippen LogP contribution in [-0.2, 0) is 16.8 Å². The number of likely N-dealkylation sites (tertiary alicyclic amines) is 1. The van der Waals surface area contributed by atoms with Gasteiger partial charge in [0.05, 0.1) is 12.6 Å². The fourth-order valence-electron chi connectivity index (χ4n) is 3.69. The van der Waals surface area contributed by atoms with Crippen molar-refractivity contribution in [1.82, 2.24) is 14.8 Å². The maximum atomic E-state index is 12.2. The number of hydrogen-bond donors (Lipinski definition) is 0. The number of rotatable bonds is 4. The van der Waals surface area contributed by atoms with Crippen LogP contribution >= 0.6 is 0 Å². The second-order valence-corrected chi connectivity index (χ2v) is 6.56. The van der Waals surface area contributed by atoms with E-state index in [4.69, 9.17) is 4.74 Å². The number of pyridine rings is 1. The van der Waals surface area contributed by atoms with Gasteiger partial charge in [-0.3, -0.25) is 9.88 Å². The number of nitrogens with zero attached hydrogens (tertiary/aromatic N) is 3. The highest BCUT2D eigenvalue weighted by molar-refractivity contribution is 5.68. The summed E-state index contributed by atoms with van der Waals surface area (Å²) in [6.45, 7) is 2.78. The lowest BCUT2D eigenvalue weighted by Crippen LogP contribution is -2.53. The highest BCUT2D eigenvalue weighted by Crippen LogP contribution is 2.38. The Balaban J connectivity index is 1.78. The zero-order chi connectivity index (χ0) is 17.7. The minimum Gasteiger partial charge on any atom is -0.453 e. The predicted molar refractivity (Wildman–Crippen MR) is 97.0 cm³/mol. The Hall–Kier alpha value is -2.40. The average molecular weight is 339 g/mol. The number of carbonyl (C=O) groups excluding carboxylic acids is 1. The molecule has 0 bridgehead atoms. The summed E-state index contributed by atoms with van der Waals surface area (Å²) in [4.78, 5) is 20.7. The van der Waals surface area contributed by atoms with Crippen molar-refractivity contribution in [3.05, 3.63) is 66.0 Å². The molecular formula is C20H25N3O2. The van der Waals surface area contributed by atoms with Gasteiger partial charge in [0, 0.05) is 39.1 Å². The van der Waals surface area contributed by atoms with E-state index in [1.54, 1.807) is 11.1 Å². The molecule has 1 saturated heterocycles. The number of ether oxygens (including phenoxy) is 1. The first-order valence-electron chi connectivity index (χ1n) is 8.64. The van der Waals surface area contributed by atoms with E-state index in [-0.39, 0.29) is 11.6 Å². The van der Waals surface area contributed by atoms with E-state index in [9.17, 15) is 4.79 Å². The van der Waals surface area contributed by atoms with Gasteiger partial charge in [0.2, 0.25) is 0 Å². The summed E-state index contributed by atoms with van der Waals surface area (Å²) in [5.74, 6) is 0. The molecule has 1 amide bonds. The molecule has 132 valence electrons. The van der Waals surface area contributed by atoms with Gasteiger partial charge in [0.15, 0.2) is 0 Å². The molecule has 0 spiro atoms. The Bertz CT molecular complexity index is 683. The van der Waals surface area contributed by atoms with Crippen LogP contribution in [0.4, 0.5) is 4.79 Å². The van der Waals surface area contributed by atoms with Crippen LogP contribution in [0.25, 0.3) is 0 Å². The molecule has 0 unspecified atom stereocenters. The van der Waals surface area contributed by atoms with Crippen molar-refractivity contribution in [3.8, 4) is 0 Å². The van der Waals surface area contributed by atoms with E-state index >= 15 is 0 Å². The summed E-state index contributed by atoms with van der Waals surface area (Å²) in [5.41, 5.74) is 2.02. The first kappa shape index (κ1) is 17.4. The molecule has 0 saturated carbocycles. The van der Waals surface area contributed by atoms with Crippen LogP contribution < -0.4 is 0 Å². The summed E-state index contributed by atoms with van der Waals surface area (Å²) in [5, 5.41) is 0. The summed E-state index contributed by atoms with van der Waals surface area (Å²) in [6, 6.07) is 14.5. The van der Waals surface area contributed by atoms with E-state index < -0.39 is 0 Å². The molecule has 1 fully saturated rings. The molecule has 1 aliphatic rings. The number of piperidine rings is 1. The van der Waals surface area contributed by atoms with E-state index in [1.807, 2.05) is 25.4 Å². The maximum Gasteiger partial charge on any atom is 0.409 e. The van der Waals surface area contributed by atoms with Crippen molar-refractivity contribution in [2.75, 3.05) is 27.2 Å². The van der Waals surface area contributed by atoms with E-state index in [2.05, 4.69) is 40.2 Å². The Morgan fingerprint density at radius 2 is 1.92 bits per heavy atom. The van der Waals surface area contributed by atoms with Gasteiger partial charge >= 0.3 is 6.09 Å². The van der Waals surface area contributed by atoms with Crippen LogP contribution in [0.15, 0.2) is 54.9 Å². The third kappa shape index (κ3) is 3.66. The maximum absolute atomic E-state index is 12.2. The highest BCUT2D eigenvalue weighted by Gasteiger charge is 2.42. The average Bonchev–Trinajstić information content (AvgIpc) is 2.69. The van der Waals surface area contributed by atoms with E-state index in [0.717, 1.165) is 38.0 Å². The van der Waals surface area contributed by atoms with Crippen molar-refractivity contribution in [2.24, 2.45) is 0 Å². The largest absolute Gasteiger partial charge is 0.453 e. The first-order valence-corrected chi connectivity index (χ1v) is 8.64. The minimum atomic E-state index is -0.367. The smallest absolute Gasteiger partial charge is 0.409 e. The number of methoxy groups -OCH3 is 1. The van der Waals surface area contributed by atoms with Crippen molar-refractivity contribution in [1.29, 1.82) is 0 Å². The lowest BCUT2D eigenvalue weighted by Gasteiger charge is -2.47. The number of aromatic nitrogens is 1. The fourth-order valence-corrected chi connectivity index (χ4v) is 3.69. The molecule has 1 aliphatic heterocycles. The van der Waals surface area contributed by atoms with Gasteiger partial charge in [-0.25, -0.2) is 4.79 Å². The van der Waals surface area contributed by atoms with Crippen LogP contribution in [0.1, 0.15) is 24.0 Å². The molecular weight excluding hydrogens is 314 g/mol. The lowest BCUT2D eigenvalue weighted by molar-refractivity contribution is 0.0286. The Kier molecular flexibility index (Phi) is 5.34.